The number of benzene rings is 1. The van der Waals surface area contributed by atoms with Crippen LogP contribution in [0.2, 0.25) is 0 Å². The molecule has 5 nitrogen and oxygen atoms in total. The van der Waals surface area contributed by atoms with Gasteiger partial charge >= 0.3 is 0 Å². The van der Waals surface area contributed by atoms with Crippen molar-refractivity contribution >= 4 is 0 Å². The van der Waals surface area contributed by atoms with E-state index in [0.717, 1.165) is 36.8 Å². The van der Waals surface area contributed by atoms with Crippen LogP contribution in [0.15, 0.2) is 28.8 Å². The number of nitrogens with one attached hydrogen (secondary N) is 1. The molecule has 0 radical (unpaired) electrons. The average Bonchev–Trinajstić information content (AvgIpc) is 3.16. The first-order chi connectivity index (χ1) is 10.2. The van der Waals surface area contributed by atoms with Gasteiger partial charge in [0.1, 0.15) is 0 Å². The molecule has 1 heterocycles. The lowest BCUT2D eigenvalue weighted by molar-refractivity contribution is 0.161. The Morgan fingerprint density at radius 3 is 2.76 bits per heavy atom. The zero-order chi connectivity index (χ0) is 14.7. The van der Waals surface area contributed by atoms with E-state index in [1.165, 1.54) is 0 Å². The fraction of sp³-hybridized carbons (Fsp3) is 0.500. The molecule has 1 aromatic carbocycles. The molecule has 2 N–H and O–H groups in total. The molecule has 5 heteroatoms. The van der Waals surface area contributed by atoms with Crippen LogP contribution in [0.4, 0.5) is 0 Å². The highest BCUT2D eigenvalue weighted by molar-refractivity contribution is 5.57. The second kappa shape index (κ2) is 5.95. The van der Waals surface area contributed by atoms with E-state index in [-0.39, 0.29) is 12.1 Å². The van der Waals surface area contributed by atoms with Gasteiger partial charge in [0.05, 0.1) is 13.2 Å². The Bertz CT molecular complexity index is 603. The first-order valence-electron chi connectivity index (χ1n) is 7.47. The van der Waals surface area contributed by atoms with Gasteiger partial charge in [-0.1, -0.05) is 36.2 Å². The third kappa shape index (κ3) is 2.99. The van der Waals surface area contributed by atoms with Crippen LogP contribution in [-0.4, -0.2) is 27.4 Å². The molecule has 112 valence electrons. The minimum Gasteiger partial charge on any atom is -0.394 e. The minimum atomic E-state index is -0.163. The summed E-state index contributed by atoms with van der Waals surface area (Å²) < 4.78 is 5.35. The van der Waals surface area contributed by atoms with E-state index in [1.54, 1.807) is 0 Å². The van der Waals surface area contributed by atoms with Crippen molar-refractivity contribution in [3.8, 4) is 11.5 Å². The number of aliphatic hydroxyl groups is 1. The summed E-state index contributed by atoms with van der Waals surface area (Å²) in [5.41, 5.74) is 1.92. The lowest BCUT2D eigenvalue weighted by Gasteiger charge is -2.27. The lowest BCUT2D eigenvalue weighted by Crippen LogP contribution is -2.45. The fourth-order valence-electron chi connectivity index (χ4n) is 2.96. The molecule has 1 aliphatic carbocycles. The Balaban J connectivity index is 1.70. The molecular weight excluding hydrogens is 266 g/mol. The molecule has 0 amide bonds. The van der Waals surface area contributed by atoms with E-state index in [4.69, 9.17) is 4.52 Å². The summed E-state index contributed by atoms with van der Waals surface area (Å²) in [4.78, 5) is 4.45. The third-order valence-corrected chi connectivity index (χ3v) is 4.33. The van der Waals surface area contributed by atoms with Crippen molar-refractivity contribution in [2.45, 2.75) is 44.7 Å². The van der Waals surface area contributed by atoms with Gasteiger partial charge in [-0.15, -0.1) is 0 Å². The molecule has 0 bridgehead atoms. The van der Waals surface area contributed by atoms with Crippen molar-refractivity contribution in [1.82, 2.24) is 15.5 Å². The van der Waals surface area contributed by atoms with Gasteiger partial charge in [-0.05, 0) is 31.4 Å². The Kier molecular flexibility index (Phi) is 4.03. The number of hydrogen-bond acceptors (Lipinski definition) is 5. The minimum absolute atomic E-state index is 0.162. The number of aryl methyl sites for hydroxylation is 1. The quantitative estimate of drug-likeness (QED) is 0.884. The van der Waals surface area contributed by atoms with Gasteiger partial charge < -0.3 is 14.9 Å². The van der Waals surface area contributed by atoms with Gasteiger partial charge in [0, 0.05) is 11.1 Å². The van der Waals surface area contributed by atoms with Crippen LogP contribution >= 0.6 is 0 Å². The second-order valence-electron chi connectivity index (χ2n) is 5.83. The molecule has 3 rings (SSSR count). The van der Waals surface area contributed by atoms with Crippen LogP contribution in [0.25, 0.3) is 11.5 Å². The van der Waals surface area contributed by atoms with Crippen molar-refractivity contribution < 1.29 is 9.63 Å². The zero-order valence-electron chi connectivity index (χ0n) is 12.3. The van der Waals surface area contributed by atoms with Gasteiger partial charge in [-0.25, -0.2) is 0 Å². The van der Waals surface area contributed by atoms with Crippen LogP contribution in [0, 0.1) is 6.92 Å². The lowest BCUT2D eigenvalue weighted by atomic mass is 9.99. The van der Waals surface area contributed by atoms with E-state index in [1.807, 2.05) is 31.2 Å². The molecule has 1 aromatic heterocycles. The number of aromatic nitrogens is 2. The molecule has 0 saturated heterocycles. The van der Waals surface area contributed by atoms with Crippen molar-refractivity contribution in [1.29, 1.82) is 0 Å². The highest BCUT2D eigenvalue weighted by Gasteiger charge is 2.32. The monoisotopic (exact) mass is 287 g/mol. The van der Waals surface area contributed by atoms with Crippen LogP contribution in [-0.2, 0) is 6.54 Å². The van der Waals surface area contributed by atoms with E-state index >= 15 is 0 Å². The van der Waals surface area contributed by atoms with E-state index in [0.29, 0.717) is 18.3 Å². The number of rotatable bonds is 5. The van der Waals surface area contributed by atoms with Crippen molar-refractivity contribution in [2.24, 2.45) is 0 Å². The normalized spacial score (nSPS) is 17.2. The van der Waals surface area contributed by atoms with E-state index in [2.05, 4.69) is 15.5 Å². The molecule has 21 heavy (non-hydrogen) atoms. The van der Waals surface area contributed by atoms with Crippen LogP contribution in [0.1, 0.15) is 37.1 Å². The summed E-state index contributed by atoms with van der Waals surface area (Å²) in [5, 5.41) is 17.0. The predicted molar refractivity (Wildman–Crippen MR) is 79.6 cm³/mol. The summed E-state index contributed by atoms with van der Waals surface area (Å²) in [6, 6.07) is 7.95. The molecule has 0 aliphatic heterocycles. The average molecular weight is 287 g/mol. The summed E-state index contributed by atoms with van der Waals surface area (Å²) in [6.45, 7) is 2.71. The number of aliphatic hydroxyl groups excluding tert-OH is 1. The second-order valence-corrected chi connectivity index (χ2v) is 5.83. The first-order valence-corrected chi connectivity index (χ1v) is 7.47. The smallest absolute Gasteiger partial charge is 0.258 e. The Labute approximate surface area is 124 Å². The molecular formula is C16H21N3O2. The zero-order valence-corrected chi connectivity index (χ0v) is 12.3. The van der Waals surface area contributed by atoms with Crippen molar-refractivity contribution in [2.75, 3.05) is 6.61 Å². The molecule has 0 unspecified atom stereocenters. The molecule has 1 fully saturated rings. The van der Waals surface area contributed by atoms with Crippen LogP contribution in [0.3, 0.4) is 0 Å². The number of hydrogen-bond donors (Lipinski definition) is 2. The van der Waals surface area contributed by atoms with Crippen molar-refractivity contribution in [3.63, 3.8) is 0 Å². The molecule has 1 saturated carbocycles. The maximum absolute atomic E-state index is 9.59. The molecule has 2 aromatic rings. The fourth-order valence-corrected chi connectivity index (χ4v) is 2.96. The predicted octanol–water partition coefficient (Wildman–Crippen LogP) is 2.44. The molecule has 0 atom stereocenters. The van der Waals surface area contributed by atoms with Crippen molar-refractivity contribution in [3.05, 3.63) is 35.7 Å². The SMILES string of the molecule is Cc1ccccc1-c1nc(CNC2(CO)CCCC2)no1. The molecule has 0 spiro atoms. The summed E-state index contributed by atoms with van der Waals surface area (Å²) in [7, 11) is 0. The van der Waals surface area contributed by atoms with Gasteiger partial charge in [-0.2, -0.15) is 4.98 Å². The highest BCUT2D eigenvalue weighted by Crippen LogP contribution is 2.29. The first kappa shape index (κ1) is 14.2. The Morgan fingerprint density at radius 1 is 1.29 bits per heavy atom. The maximum atomic E-state index is 9.59. The van der Waals surface area contributed by atoms with Crippen LogP contribution < -0.4 is 5.32 Å². The standard InChI is InChI=1S/C16H21N3O2/c1-12-6-2-3-7-13(12)15-18-14(19-21-15)10-17-16(11-20)8-4-5-9-16/h2-3,6-7,17,20H,4-5,8-11H2,1H3. The highest BCUT2D eigenvalue weighted by atomic mass is 16.5. The maximum Gasteiger partial charge on any atom is 0.258 e. The molecule has 1 aliphatic rings. The Hall–Kier alpha value is -1.72. The summed E-state index contributed by atoms with van der Waals surface area (Å²) >= 11 is 0. The van der Waals surface area contributed by atoms with Gasteiger partial charge in [-0.3, -0.25) is 0 Å². The topological polar surface area (TPSA) is 71.2 Å². The third-order valence-electron chi connectivity index (χ3n) is 4.33. The van der Waals surface area contributed by atoms with Gasteiger partial charge in [0.15, 0.2) is 5.82 Å². The number of nitrogens with zero attached hydrogens (tertiary/aromatic N) is 2. The van der Waals surface area contributed by atoms with Crippen LogP contribution in [0.5, 0.6) is 0 Å². The largest absolute Gasteiger partial charge is 0.394 e. The van der Waals surface area contributed by atoms with Gasteiger partial charge in [0.25, 0.3) is 5.89 Å². The van der Waals surface area contributed by atoms with E-state index < -0.39 is 0 Å². The van der Waals surface area contributed by atoms with E-state index in [9.17, 15) is 5.11 Å². The summed E-state index contributed by atoms with van der Waals surface area (Å²) in [6.07, 6.45) is 4.33. The summed E-state index contributed by atoms with van der Waals surface area (Å²) in [5.74, 6) is 1.18. The Morgan fingerprint density at radius 2 is 2.05 bits per heavy atom. The van der Waals surface area contributed by atoms with Gasteiger partial charge in [0.2, 0.25) is 0 Å².